The Balaban J connectivity index is 2.83. The minimum Gasteiger partial charge on any atom is -0.211 e. The molecule has 0 fully saturated rings. The fraction of sp³-hybridized carbons (Fsp3) is 0.538. The highest BCUT2D eigenvalue weighted by Crippen LogP contribution is 2.23. The van der Waals surface area contributed by atoms with Crippen LogP contribution in [-0.2, 0) is 10.0 Å². The molecule has 114 valence electrons. The topological polar surface area (TPSA) is 46.2 Å². The molecule has 1 aromatic carbocycles. The number of sulfonamides is 1. The summed E-state index contributed by atoms with van der Waals surface area (Å²) in [6.07, 6.45) is 1.72. The molecule has 0 heterocycles. The highest BCUT2D eigenvalue weighted by atomic mass is 79.9. The molecule has 0 spiro atoms. The van der Waals surface area contributed by atoms with E-state index in [-0.39, 0.29) is 12.0 Å². The molecule has 0 saturated carbocycles. The van der Waals surface area contributed by atoms with Gasteiger partial charge in [0.2, 0.25) is 10.0 Å². The van der Waals surface area contributed by atoms with Gasteiger partial charge in [0.25, 0.3) is 0 Å². The average Bonchev–Trinajstić information content (AvgIpc) is 2.37. The Morgan fingerprint density at radius 2 is 1.95 bits per heavy atom. The summed E-state index contributed by atoms with van der Waals surface area (Å²) in [6.45, 7) is 4.00. The lowest BCUT2D eigenvalue weighted by atomic mass is 9.88. The molecular weight excluding hydrogens is 352 g/mol. The van der Waals surface area contributed by atoms with Crippen molar-refractivity contribution in [1.82, 2.24) is 4.72 Å². The first-order chi connectivity index (χ1) is 9.18. The summed E-state index contributed by atoms with van der Waals surface area (Å²) in [5.74, 6) is -1.75. The molecule has 0 atom stereocenters. The zero-order chi connectivity index (χ0) is 15.4. The van der Waals surface area contributed by atoms with Crippen LogP contribution in [0.4, 0.5) is 8.78 Å². The molecule has 1 rings (SSSR count). The Bertz CT molecular complexity index is 561. The Kier molecular flexibility index (Phi) is 6.09. The summed E-state index contributed by atoms with van der Waals surface area (Å²) in [6, 6.07) is 2.37. The van der Waals surface area contributed by atoms with Crippen molar-refractivity contribution in [2.75, 3.05) is 11.9 Å². The van der Waals surface area contributed by atoms with Crippen LogP contribution in [0.5, 0.6) is 0 Å². The van der Waals surface area contributed by atoms with Gasteiger partial charge in [-0.3, -0.25) is 0 Å². The van der Waals surface area contributed by atoms with E-state index < -0.39 is 26.6 Å². The van der Waals surface area contributed by atoms with Gasteiger partial charge in [-0.05, 0) is 36.5 Å². The van der Waals surface area contributed by atoms with Crippen molar-refractivity contribution in [1.29, 1.82) is 0 Å². The van der Waals surface area contributed by atoms with Crippen LogP contribution in [0.25, 0.3) is 0 Å². The van der Waals surface area contributed by atoms with Crippen LogP contribution in [0.1, 0.15) is 26.7 Å². The predicted octanol–water partition coefficient (Wildman–Crippen LogP) is 3.44. The largest absolute Gasteiger partial charge is 0.243 e. The normalized spacial score (nSPS) is 12.7. The van der Waals surface area contributed by atoms with Crippen LogP contribution in [-0.4, -0.2) is 20.3 Å². The molecule has 0 aliphatic carbocycles. The molecule has 0 saturated heterocycles. The minimum absolute atomic E-state index is 0.165. The Morgan fingerprint density at radius 1 is 1.30 bits per heavy atom. The predicted molar refractivity (Wildman–Crippen MR) is 78.4 cm³/mol. The summed E-state index contributed by atoms with van der Waals surface area (Å²) in [4.78, 5) is -0.659. The molecule has 0 amide bonds. The van der Waals surface area contributed by atoms with Gasteiger partial charge >= 0.3 is 0 Å². The second-order valence-corrected chi connectivity index (χ2v) is 7.88. The second-order valence-electron chi connectivity index (χ2n) is 5.36. The van der Waals surface area contributed by atoms with Crippen LogP contribution < -0.4 is 4.72 Å². The first kappa shape index (κ1) is 17.5. The Morgan fingerprint density at radius 3 is 2.55 bits per heavy atom. The van der Waals surface area contributed by atoms with Gasteiger partial charge in [-0.1, -0.05) is 29.8 Å². The second kappa shape index (κ2) is 6.95. The third-order valence-corrected chi connectivity index (χ3v) is 4.89. The molecule has 0 aliphatic rings. The van der Waals surface area contributed by atoms with Crippen LogP contribution in [0.2, 0.25) is 0 Å². The summed E-state index contributed by atoms with van der Waals surface area (Å²) < 4.78 is 52.9. The van der Waals surface area contributed by atoms with Crippen LogP contribution in [0.3, 0.4) is 0 Å². The molecule has 7 heteroatoms. The van der Waals surface area contributed by atoms with E-state index in [0.717, 1.165) is 30.3 Å². The van der Waals surface area contributed by atoms with Crippen molar-refractivity contribution in [3.63, 3.8) is 0 Å². The van der Waals surface area contributed by atoms with E-state index in [1.807, 2.05) is 13.8 Å². The van der Waals surface area contributed by atoms with Gasteiger partial charge < -0.3 is 0 Å². The number of hydrogen-bond donors (Lipinski definition) is 1. The van der Waals surface area contributed by atoms with Gasteiger partial charge in [0, 0.05) is 11.9 Å². The van der Waals surface area contributed by atoms with E-state index in [1.165, 1.54) is 0 Å². The van der Waals surface area contributed by atoms with Crippen molar-refractivity contribution >= 4 is 26.0 Å². The smallest absolute Gasteiger partial charge is 0.211 e. The number of halogens is 3. The van der Waals surface area contributed by atoms with Crippen molar-refractivity contribution < 1.29 is 17.2 Å². The first-order valence-corrected chi connectivity index (χ1v) is 8.79. The Labute approximate surface area is 126 Å². The quantitative estimate of drug-likeness (QED) is 0.748. The molecule has 0 radical (unpaired) electrons. The van der Waals surface area contributed by atoms with Crippen LogP contribution >= 0.6 is 15.9 Å². The Hall–Kier alpha value is -0.530. The summed E-state index contributed by atoms with van der Waals surface area (Å²) >= 11 is 3.32. The number of alkyl halides is 1. The van der Waals surface area contributed by atoms with Crippen LogP contribution in [0.15, 0.2) is 23.1 Å². The van der Waals surface area contributed by atoms with Gasteiger partial charge in [-0.15, -0.1) is 0 Å². The molecule has 1 N–H and O–H groups in total. The molecule has 20 heavy (non-hydrogen) atoms. The highest BCUT2D eigenvalue weighted by Gasteiger charge is 2.24. The van der Waals surface area contributed by atoms with E-state index in [2.05, 4.69) is 20.7 Å². The monoisotopic (exact) mass is 369 g/mol. The van der Waals surface area contributed by atoms with Gasteiger partial charge in [-0.2, -0.15) is 0 Å². The first-order valence-electron chi connectivity index (χ1n) is 6.19. The SMILES string of the molecule is CC(C)(CCCBr)CNS(=O)(=O)c1cc(F)ccc1F. The lowest BCUT2D eigenvalue weighted by Crippen LogP contribution is -2.34. The third kappa shape index (κ3) is 5.10. The fourth-order valence-corrected chi connectivity index (χ4v) is 3.29. The van der Waals surface area contributed by atoms with E-state index in [1.54, 1.807) is 0 Å². The average molecular weight is 370 g/mol. The van der Waals surface area contributed by atoms with Crippen molar-refractivity contribution in [2.45, 2.75) is 31.6 Å². The summed E-state index contributed by atoms with van der Waals surface area (Å²) in [7, 11) is -4.05. The molecule has 0 aliphatic heterocycles. The zero-order valence-electron chi connectivity index (χ0n) is 11.4. The van der Waals surface area contributed by atoms with E-state index in [9.17, 15) is 17.2 Å². The lowest BCUT2D eigenvalue weighted by molar-refractivity contribution is 0.332. The standard InChI is InChI=1S/C13H18BrF2NO2S/c1-13(2,6-3-7-14)9-17-20(18,19)12-8-10(15)4-5-11(12)16/h4-5,8,17H,3,6-7,9H2,1-2H3. The number of hydrogen-bond acceptors (Lipinski definition) is 2. The molecule has 3 nitrogen and oxygen atoms in total. The van der Waals surface area contributed by atoms with Crippen molar-refractivity contribution in [3.8, 4) is 0 Å². The molecule has 0 unspecified atom stereocenters. The fourth-order valence-electron chi connectivity index (χ4n) is 1.69. The van der Waals surface area contributed by atoms with Crippen molar-refractivity contribution in [3.05, 3.63) is 29.8 Å². The summed E-state index contributed by atoms with van der Waals surface area (Å²) in [5, 5.41) is 0.835. The summed E-state index contributed by atoms with van der Waals surface area (Å²) in [5.41, 5.74) is -0.259. The van der Waals surface area contributed by atoms with Gasteiger partial charge in [0.15, 0.2) is 0 Å². The lowest BCUT2D eigenvalue weighted by Gasteiger charge is -2.24. The minimum atomic E-state index is -4.05. The van der Waals surface area contributed by atoms with E-state index in [4.69, 9.17) is 0 Å². The maximum atomic E-state index is 13.5. The third-order valence-electron chi connectivity index (χ3n) is 2.91. The van der Waals surface area contributed by atoms with Gasteiger partial charge in [-0.25, -0.2) is 21.9 Å². The van der Waals surface area contributed by atoms with Gasteiger partial charge in [0.1, 0.15) is 16.5 Å². The van der Waals surface area contributed by atoms with Crippen LogP contribution in [0, 0.1) is 17.0 Å². The van der Waals surface area contributed by atoms with E-state index >= 15 is 0 Å². The maximum Gasteiger partial charge on any atom is 0.243 e. The molecule has 0 bridgehead atoms. The maximum absolute atomic E-state index is 13.5. The number of benzene rings is 1. The highest BCUT2D eigenvalue weighted by molar-refractivity contribution is 9.09. The molecular formula is C13H18BrF2NO2S. The van der Waals surface area contributed by atoms with Gasteiger partial charge in [0.05, 0.1) is 0 Å². The number of rotatable bonds is 7. The molecule has 0 aromatic heterocycles. The van der Waals surface area contributed by atoms with E-state index in [0.29, 0.717) is 6.07 Å². The number of nitrogens with one attached hydrogen (secondary N) is 1. The van der Waals surface area contributed by atoms with Crippen molar-refractivity contribution in [2.24, 2.45) is 5.41 Å². The zero-order valence-corrected chi connectivity index (χ0v) is 13.8. The molecule has 1 aromatic rings.